The fourth-order valence-corrected chi connectivity index (χ4v) is 4.72. The Labute approximate surface area is 134 Å². The van der Waals surface area contributed by atoms with Gasteiger partial charge in [0, 0.05) is 11.8 Å². The fourth-order valence-electron chi connectivity index (χ4n) is 4.72. The Morgan fingerprint density at radius 3 is 2.61 bits per heavy atom. The van der Waals surface area contributed by atoms with E-state index in [1.165, 1.54) is 0 Å². The summed E-state index contributed by atoms with van der Waals surface area (Å²) in [6.07, 6.45) is 1.71. The van der Waals surface area contributed by atoms with Crippen LogP contribution in [0.25, 0.3) is 0 Å². The number of fused-ring (bicyclic) bond motifs is 1. The summed E-state index contributed by atoms with van der Waals surface area (Å²) in [5.74, 6) is -0.677. The van der Waals surface area contributed by atoms with Gasteiger partial charge in [-0.25, -0.2) is 4.79 Å². The number of hydrogen-bond acceptors (Lipinski definition) is 6. The molecule has 0 aromatic heterocycles. The predicted octanol–water partition coefficient (Wildman–Crippen LogP) is 1.46. The minimum Gasteiger partial charge on any atom is -0.458 e. The molecule has 6 atom stereocenters. The van der Waals surface area contributed by atoms with Gasteiger partial charge in [-0.1, -0.05) is 13.8 Å². The summed E-state index contributed by atoms with van der Waals surface area (Å²) in [6, 6.07) is 0. The molecule has 6 nitrogen and oxygen atoms in total. The molecule has 3 saturated carbocycles. The number of hydrogen-bond donors (Lipinski definition) is 0. The molecule has 1 heterocycles. The highest BCUT2D eigenvalue weighted by atomic mass is 16.6. The molecular formula is C17H22O6. The average molecular weight is 322 g/mol. The van der Waals surface area contributed by atoms with Gasteiger partial charge in [0.15, 0.2) is 6.61 Å². The van der Waals surface area contributed by atoms with E-state index in [0.717, 1.165) is 19.3 Å². The van der Waals surface area contributed by atoms with Crippen molar-refractivity contribution in [2.75, 3.05) is 6.61 Å². The summed E-state index contributed by atoms with van der Waals surface area (Å²) in [5.41, 5.74) is -0.584. The summed E-state index contributed by atoms with van der Waals surface area (Å²) < 4.78 is 15.9. The normalized spacial score (nSPS) is 44.8. The third-order valence-corrected chi connectivity index (χ3v) is 6.62. The SMILES string of the molecule is CC1(C)CC1(C)C(=O)OCC(=O)OC1C2CC3C(=O)OC1C3C2. The van der Waals surface area contributed by atoms with E-state index in [-0.39, 0.29) is 53.9 Å². The first-order valence-electron chi connectivity index (χ1n) is 8.30. The van der Waals surface area contributed by atoms with Gasteiger partial charge in [-0.05, 0) is 31.6 Å². The maximum absolute atomic E-state index is 12.1. The molecule has 0 aromatic rings. The van der Waals surface area contributed by atoms with Crippen LogP contribution in [0.3, 0.4) is 0 Å². The van der Waals surface area contributed by atoms with Crippen LogP contribution in [-0.2, 0) is 28.6 Å². The largest absolute Gasteiger partial charge is 0.458 e. The van der Waals surface area contributed by atoms with Crippen molar-refractivity contribution in [3.8, 4) is 0 Å². The number of carbonyl (C=O) groups excluding carboxylic acids is 3. The molecule has 0 amide bonds. The number of ether oxygens (including phenoxy) is 3. The number of rotatable bonds is 4. The summed E-state index contributed by atoms with van der Waals surface area (Å²) in [7, 11) is 0. The molecule has 1 aliphatic heterocycles. The van der Waals surface area contributed by atoms with Crippen LogP contribution >= 0.6 is 0 Å². The first kappa shape index (κ1) is 15.0. The van der Waals surface area contributed by atoms with Crippen LogP contribution in [0.15, 0.2) is 0 Å². The third kappa shape index (κ3) is 2.03. The maximum atomic E-state index is 12.1. The first-order valence-corrected chi connectivity index (χ1v) is 8.30. The van der Waals surface area contributed by atoms with Crippen molar-refractivity contribution in [2.45, 2.75) is 52.2 Å². The Kier molecular flexibility index (Phi) is 2.92. The first-order chi connectivity index (χ1) is 10.7. The van der Waals surface area contributed by atoms with Gasteiger partial charge in [0.05, 0.1) is 11.3 Å². The van der Waals surface area contributed by atoms with Crippen LogP contribution in [0.4, 0.5) is 0 Å². The molecule has 0 spiro atoms. The smallest absolute Gasteiger partial charge is 0.344 e. The van der Waals surface area contributed by atoms with Gasteiger partial charge in [-0.15, -0.1) is 0 Å². The summed E-state index contributed by atoms with van der Waals surface area (Å²) >= 11 is 0. The zero-order valence-electron chi connectivity index (χ0n) is 13.7. The Balaban J connectivity index is 1.30. The van der Waals surface area contributed by atoms with Crippen LogP contribution in [0.1, 0.15) is 40.0 Å². The minimum absolute atomic E-state index is 0.00479. The van der Waals surface area contributed by atoms with Crippen molar-refractivity contribution in [1.29, 1.82) is 0 Å². The highest BCUT2D eigenvalue weighted by Crippen LogP contribution is 2.63. The second kappa shape index (κ2) is 4.48. The second-order valence-corrected chi connectivity index (χ2v) is 8.33. The quantitative estimate of drug-likeness (QED) is 0.576. The van der Waals surface area contributed by atoms with Crippen molar-refractivity contribution in [2.24, 2.45) is 28.6 Å². The molecule has 0 N–H and O–H groups in total. The number of esters is 3. The van der Waals surface area contributed by atoms with E-state index in [0.29, 0.717) is 0 Å². The molecule has 4 rings (SSSR count). The van der Waals surface area contributed by atoms with Crippen LogP contribution < -0.4 is 0 Å². The lowest BCUT2D eigenvalue weighted by Crippen LogP contribution is -2.37. The van der Waals surface area contributed by atoms with Gasteiger partial charge >= 0.3 is 17.9 Å². The topological polar surface area (TPSA) is 78.9 Å². The van der Waals surface area contributed by atoms with Crippen LogP contribution in [0.2, 0.25) is 0 Å². The monoisotopic (exact) mass is 322 g/mol. The molecule has 126 valence electrons. The van der Waals surface area contributed by atoms with E-state index in [9.17, 15) is 14.4 Å². The highest BCUT2D eigenvalue weighted by Gasteiger charge is 2.64. The van der Waals surface area contributed by atoms with E-state index in [1.807, 2.05) is 20.8 Å². The Morgan fingerprint density at radius 1 is 1.26 bits per heavy atom. The molecule has 23 heavy (non-hydrogen) atoms. The molecule has 2 bridgehead atoms. The lowest BCUT2D eigenvalue weighted by molar-refractivity contribution is -0.171. The number of carbonyl (C=O) groups is 3. The van der Waals surface area contributed by atoms with Crippen molar-refractivity contribution in [1.82, 2.24) is 0 Å². The Morgan fingerprint density at radius 2 is 1.96 bits per heavy atom. The molecule has 0 aromatic carbocycles. The van der Waals surface area contributed by atoms with E-state index in [2.05, 4.69) is 0 Å². The van der Waals surface area contributed by atoms with Gasteiger partial charge in [-0.3, -0.25) is 9.59 Å². The zero-order valence-corrected chi connectivity index (χ0v) is 13.7. The van der Waals surface area contributed by atoms with Gasteiger partial charge in [0.2, 0.25) is 0 Å². The van der Waals surface area contributed by atoms with Crippen LogP contribution in [0, 0.1) is 28.6 Å². The molecule has 4 aliphatic rings. The Hall–Kier alpha value is -1.59. The molecule has 6 unspecified atom stereocenters. The van der Waals surface area contributed by atoms with E-state index < -0.39 is 11.4 Å². The lowest BCUT2D eigenvalue weighted by Gasteiger charge is -2.25. The average Bonchev–Trinajstić information content (AvgIpc) is 2.84. The van der Waals surface area contributed by atoms with Crippen molar-refractivity contribution >= 4 is 17.9 Å². The van der Waals surface area contributed by atoms with Crippen LogP contribution in [-0.4, -0.2) is 36.7 Å². The van der Waals surface area contributed by atoms with Gasteiger partial charge < -0.3 is 14.2 Å². The highest BCUT2D eigenvalue weighted by molar-refractivity contribution is 5.83. The summed E-state index contributed by atoms with van der Waals surface area (Å²) in [6.45, 7) is 5.50. The lowest BCUT2D eigenvalue weighted by atomic mass is 9.88. The zero-order chi connectivity index (χ0) is 16.6. The standard InChI is InChI=1S/C17H22O6/c1-16(2)7-17(16,3)15(20)21-6-11(18)22-12-8-4-9-10(5-8)14(19)23-13(9)12/h8-10,12-13H,4-7H2,1-3H3. The third-order valence-electron chi connectivity index (χ3n) is 6.62. The van der Waals surface area contributed by atoms with Crippen molar-refractivity contribution < 1.29 is 28.6 Å². The predicted molar refractivity (Wildman–Crippen MR) is 76.9 cm³/mol. The molecular weight excluding hydrogens is 300 g/mol. The molecule has 1 saturated heterocycles. The van der Waals surface area contributed by atoms with E-state index in [4.69, 9.17) is 14.2 Å². The fraction of sp³-hybridized carbons (Fsp3) is 0.824. The summed E-state index contributed by atoms with van der Waals surface area (Å²) in [4.78, 5) is 35.8. The molecule has 4 fully saturated rings. The second-order valence-electron chi connectivity index (χ2n) is 8.33. The van der Waals surface area contributed by atoms with Gasteiger partial charge in [0.1, 0.15) is 12.2 Å². The minimum atomic E-state index is -0.558. The van der Waals surface area contributed by atoms with E-state index >= 15 is 0 Å². The molecule has 3 aliphatic carbocycles. The summed E-state index contributed by atoms with van der Waals surface area (Å²) in [5, 5.41) is 0. The van der Waals surface area contributed by atoms with Crippen LogP contribution in [0.5, 0.6) is 0 Å². The van der Waals surface area contributed by atoms with E-state index in [1.54, 1.807) is 0 Å². The molecule has 6 heteroatoms. The van der Waals surface area contributed by atoms with Crippen molar-refractivity contribution in [3.63, 3.8) is 0 Å². The maximum Gasteiger partial charge on any atom is 0.344 e. The van der Waals surface area contributed by atoms with Crippen molar-refractivity contribution in [3.05, 3.63) is 0 Å². The molecule has 0 radical (unpaired) electrons. The Bertz CT molecular complexity index is 596. The van der Waals surface area contributed by atoms with Gasteiger partial charge in [-0.2, -0.15) is 0 Å². The van der Waals surface area contributed by atoms with Gasteiger partial charge in [0.25, 0.3) is 0 Å².